The summed E-state index contributed by atoms with van der Waals surface area (Å²) in [5.41, 5.74) is 5.49. The highest BCUT2D eigenvalue weighted by Crippen LogP contribution is 2.25. The topological polar surface area (TPSA) is 82.8 Å². The van der Waals surface area contributed by atoms with Crippen LogP contribution in [-0.2, 0) is 4.79 Å². The van der Waals surface area contributed by atoms with Gasteiger partial charge in [-0.05, 0) is 20.2 Å². The maximum absolute atomic E-state index is 12.0. The van der Waals surface area contributed by atoms with Crippen molar-refractivity contribution < 1.29 is 9.59 Å². The van der Waals surface area contributed by atoms with Gasteiger partial charge in [0.25, 0.3) is 0 Å². The first-order valence-electron chi connectivity index (χ1n) is 7.01. The number of halogens is 1. The fourth-order valence-electron chi connectivity index (χ4n) is 2.34. The summed E-state index contributed by atoms with van der Waals surface area (Å²) in [6, 6.07) is 1.52. The second-order valence-electron chi connectivity index (χ2n) is 5.50. The minimum atomic E-state index is -0.556. The minimum Gasteiger partial charge on any atom is -0.366 e. The smallest absolute Gasteiger partial charge is 0.250 e. The molecular formula is C14H20ClN5O2. The zero-order valence-electron chi connectivity index (χ0n) is 12.8. The van der Waals surface area contributed by atoms with E-state index in [4.69, 9.17) is 17.3 Å². The average Bonchev–Trinajstić information content (AvgIpc) is 2.46. The summed E-state index contributed by atoms with van der Waals surface area (Å²) in [6.45, 7) is 2.97. The van der Waals surface area contributed by atoms with E-state index < -0.39 is 5.91 Å². The zero-order chi connectivity index (χ0) is 16.3. The number of piperazine rings is 1. The molecule has 0 radical (unpaired) electrons. The summed E-state index contributed by atoms with van der Waals surface area (Å²) in [7, 11) is 3.75. The van der Waals surface area contributed by atoms with Gasteiger partial charge in [-0.3, -0.25) is 9.59 Å². The number of pyridine rings is 1. The first kappa shape index (κ1) is 16.5. The predicted octanol–water partition coefficient (Wildman–Crippen LogP) is 0.0441. The van der Waals surface area contributed by atoms with E-state index in [1.165, 1.54) is 12.3 Å². The summed E-state index contributed by atoms with van der Waals surface area (Å²) in [4.78, 5) is 33.0. The number of carbonyl (C=O) groups is 2. The van der Waals surface area contributed by atoms with Gasteiger partial charge in [0.15, 0.2) is 0 Å². The summed E-state index contributed by atoms with van der Waals surface area (Å²) in [6.07, 6.45) is 1.42. The molecule has 1 aromatic heterocycles. The largest absolute Gasteiger partial charge is 0.366 e. The van der Waals surface area contributed by atoms with Gasteiger partial charge in [0.2, 0.25) is 11.8 Å². The molecule has 0 spiro atoms. The Morgan fingerprint density at radius 1 is 1.32 bits per heavy atom. The number of nitrogens with two attached hydrogens (primary N) is 1. The lowest BCUT2D eigenvalue weighted by Crippen LogP contribution is -2.51. The second-order valence-corrected chi connectivity index (χ2v) is 5.91. The van der Waals surface area contributed by atoms with Crippen LogP contribution < -0.4 is 10.6 Å². The van der Waals surface area contributed by atoms with Crippen molar-refractivity contribution in [3.8, 4) is 0 Å². The number of amides is 2. The Labute approximate surface area is 134 Å². The Balaban J connectivity index is 2.00. The van der Waals surface area contributed by atoms with E-state index >= 15 is 0 Å². The second kappa shape index (κ2) is 6.93. The van der Waals surface area contributed by atoms with Gasteiger partial charge >= 0.3 is 0 Å². The third-order valence-electron chi connectivity index (χ3n) is 3.49. The third kappa shape index (κ3) is 3.86. The molecule has 1 fully saturated rings. The molecule has 2 rings (SSSR count). The molecule has 0 unspecified atom stereocenters. The van der Waals surface area contributed by atoms with E-state index in [1.807, 2.05) is 28.8 Å². The van der Waals surface area contributed by atoms with Crippen LogP contribution in [0.1, 0.15) is 10.4 Å². The summed E-state index contributed by atoms with van der Waals surface area (Å²) >= 11 is 6.18. The van der Waals surface area contributed by atoms with Gasteiger partial charge in [-0.25, -0.2) is 4.98 Å². The minimum absolute atomic E-state index is 0.118. The van der Waals surface area contributed by atoms with Crippen molar-refractivity contribution >= 4 is 29.2 Å². The summed E-state index contributed by atoms with van der Waals surface area (Å²) in [5.74, 6) is 0.180. The molecule has 0 atom stereocenters. The lowest BCUT2D eigenvalue weighted by atomic mass is 10.2. The number of aromatic nitrogens is 1. The van der Waals surface area contributed by atoms with Crippen molar-refractivity contribution in [2.75, 3.05) is 51.7 Å². The predicted molar refractivity (Wildman–Crippen MR) is 85.1 cm³/mol. The normalized spacial score (nSPS) is 15.3. The summed E-state index contributed by atoms with van der Waals surface area (Å²) in [5, 5.41) is 0.393. The highest BCUT2D eigenvalue weighted by molar-refractivity contribution is 6.33. The average molecular weight is 326 g/mol. The maximum atomic E-state index is 12.0. The lowest BCUT2D eigenvalue weighted by Gasteiger charge is -2.36. The number of anilines is 1. The van der Waals surface area contributed by atoms with Crippen LogP contribution in [-0.4, -0.2) is 73.4 Å². The van der Waals surface area contributed by atoms with Crippen LogP contribution in [0.4, 0.5) is 5.82 Å². The van der Waals surface area contributed by atoms with Gasteiger partial charge < -0.3 is 20.4 Å². The molecule has 8 heteroatoms. The number of rotatable bonds is 4. The highest BCUT2D eigenvalue weighted by atomic mass is 35.5. The Bertz CT molecular complexity index is 570. The van der Waals surface area contributed by atoms with E-state index in [0.717, 1.165) is 0 Å². The van der Waals surface area contributed by atoms with Crippen molar-refractivity contribution in [1.29, 1.82) is 0 Å². The van der Waals surface area contributed by atoms with E-state index in [2.05, 4.69) is 4.98 Å². The van der Waals surface area contributed by atoms with Gasteiger partial charge in [-0.15, -0.1) is 0 Å². The number of hydrogen-bond acceptors (Lipinski definition) is 5. The van der Waals surface area contributed by atoms with Crippen molar-refractivity contribution in [2.45, 2.75) is 0 Å². The molecule has 1 aliphatic rings. The lowest BCUT2D eigenvalue weighted by molar-refractivity contribution is -0.132. The molecule has 2 heterocycles. The number of carbonyl (C=O) groups excluding carboxylic acids is 2. The van der Waals surface area contributed by atoms with Crippen molar-refractivity contribution in [3.05, 3.63) is 22.8 Å². The number of primary amides is 1. The molecule has 2 amide bonds. The fraction of sp³-hybridized carbons (Fsp3) is 0.500. The van der Waals surface area contributed by atoms with Crippen LogP contribution in [0, 0.1) is 0 Å². The standard InChI is InChI=1S/C14H20ClN5O2/c1-18(2)9-12(21)19-3-5-20(6-4-19)14-11(15)7-10(8-17-14)13(16)22/h7-8H,3-6,9H2,1-2H3,(H2,16,22). The van der Waals surface area contributed by atoms with E-state index in [9.17, 15) is 9.59 Å². The van der Waals surface area contributed by atoms with Gasteiger partial charge in [0, 0.05) is 32.4 Å². The molecule has 22 heavy (non-hydrogen) atoms. The van der Waals surface area contributed by atoms with Gasteiger partial charge in [-0.2, -0.15) is 0 Å². The fourth-order valence-corrected chi connectivity index (χ4v) is 2.62. The molecule has 1 aromatic rings. The zero-order valence-corrected chi connectivity index (χ0v) is 13.5. The first-order chi connectivity index (χ1) is 10.4. The van der Waals surface area contributed by atoms with E-state index in [-0.39, 0.29) is 11.5 Å². The van der Waals surface area contributed by atoms with Gasteiger partial charge in [-0.1, -0.05) is 11.6 Å². The Kier molecular flexibility index (Phi) is 5.20. The van der Waals surface area contributed by atoms with E-state index in [0.29, 0.717) is 43.6 Å². The van der Waals surface area contributed by atoms with Crippen LogP contribution in [0.15, 0.2) is 12.3 Å². The molecule has 1 aliphatic heterocycles. The summed E-state index contributed by atoms with van der Waals surface area (Å²) < 4.78 is 0. The SMILES string of the molecule is CN(C)CC(=O)N1CCN(c2ncc(C(N)=O)cc2Cl)CC1. The number of nitrogens with zero attached hydrogens (tertiary/aromatic N) is 4. The molecule has 7 nitrogen and oxygen atoms in total. The van der Waals surface area contributed by atoms with Crippen LogP contribution in [0.2, 0.25) is 5.02 Å². The molecule has 0 saturated carbocycles. The third-order valence-corrected chi connectivity index (χ3v) is 3.77. The van der Waals surface area contributed by atoms with Gasteiger partial charge in [0.05, 0.1) is 17.1 Å². The van der Waals surface area contributed by atoms with Crippen LogP contribution in [0.3, 0.4) is 0 Å². The number of likely N-dealkylation sites (N-methyl/N-ethyl adjacent to an activating group) is 1. The van der Waals surface area contributed by atoms with Gasteiger partial charge in [0.1, 0.15) is 5.82 Å². The monoisotopic (exact) mass is 325 g/mol. The molecular weight excluding hydrogens is 306 g/mol. The Morgan fingerprint density at radius 3 is 2.45 bits per heavy atom. The maximum Gasteiger partial charge on any atom is 0.250 e. The quantitative estimate of drug-likeness (QED) is 0.845. The number of hydrogen-bond donors (Lipinski definition) is 1. The molecule has 0 aliphatic carbocycles. The molecule has 0 bridgehead atoms. The van der Waals surface area contributed by atoms with Crippen molar-refractivity contribution in [2.24, 2.45) is 5.73 Å². The highest BCUT2D eigenvalue weighted by Gasteiger charge is 2.23. The first-order valence-corrected chi connectivity index (χ1v) is 7.39. The van der Waals surface area contributed by atoms with Crippen LogP contribution in [0.25, 0.3) is 0 Å². The van der Waals surface area contributed by atoms with Crippen molar-refractivity contribution in [1.82, 2.24) is 14.8 Å². The molecule has 1 saturated heterocycles. The van der Waals surface area contributed by atoms with Crippen LogP contribution >= 0.6 is 11.6 Å². The Morgan fingerprint density at radius 2 is 1.95 bits per heavy atom. The molecule has 120 valence electrons. The van der Waals surface area contributed by atoms with Crippen molar-refractivity contribution in [3.63, 3.8) is 0 Å². The van der Waals surface area contributed by atoms with Crippen LogP contribution in [0.5, 0.6) is 0 Å². The molecule has 0 aromatic carbocycles. The molecule has 2 N–H and O–H groups in total. The van der Waals surface area contributed by atoms with E-state index in [1.54, 1.807) is 0 Å². The Hall–Kier alpha value is -1.86.